The molecule has 2 rings (SSSR count). The first kappa shape index (κ1) is 9.37. The van der Waals surface area contributed by atoms with Crippen LogP contribution in [0.2, 0.25) is 0 Å². The fourth-order valence-corrected chi connectivity index (χ4v) is 2.84. The van der Waals surface area contributed by atoms with Gasteiger partial charge in [0.1, 0.15) is 0 Å². The molecule has 0 fully saturated rings. The van der Waals surface area contributed by atoms with Crippen LogP contribution in [0.5, 0.6) is 0 Å². The Bertz CT molecular complexity index is 450. The summed E-state index contributed by atoms with van der Waals surface area (Å²) in [6, 6.07) is 6.29. The Kier molecular flexibility index (Phi) is 2.53. The minimum atomic E-state index is 0.797. The van der Waals surface area contributed by atoms with Crippen molar-refractivity contribution in [1.29, 1.82) is 0 Å². The summed E-state index contributed by atoms with van der Waals surface area (Å²) < 4.78 is 2.11. The molecular formula is C9H8BrNS2. The van der Waals surface area contributed by atoms with Gasteiger partial charge in [-0.2, -0.15) is 0 Å². The molecule has 1 aromatic heterocycles. The highest BCUT2D eigenvalue weighted by Gasteiger charge is 2.06. The smallest absolute Gasteiger partial charge is 0.0811 e. The fourth-order valence-electron chi connectivity index (χ4n) is 1.23. The molecule has 1 aromatic carbocycles. The van der Waals surface area contributed by atoms with Crippen LogP contribution in [0.3, 0.4) is 0 Å². The standard InChI is InChI=1S/C9H8BrNS2/c10-4-5-1-2-7-6(3-5)8(11)9(12)13-7/h1-3,12H,4,11H2. The van der Waals surface area contributed by atoms with Crippen LogP contribution in [-0.2, 0) is 5.33 Å². The Morgan fingerprint density at radius 1 is 1.46 bits per heavy atom. The molecule has 1 heterocycles. The van der Waals surface area contributed by atoms with E-state index in [1.165, 1.54) is 10.3 Å². The fraction of sp³-hybridized carbons (Fsp3) is 0.111. The zero-order valence-corrected chi connectivity index (χ0v) is 10.0. The Labute approximate surface area is 94.5 Å². The van der Waals surface area contributed by atoms with Crippen LogP contribution in [0.25, 0.3) is 10.1 Å². The third kappa shape index (κ3) is 1.58. The van der Waals surface area contributed by atoms with Gasteiger partial charge in [0.05, 0.1) is 9.90 Å². The summed E-state index contributed by atoms with van der Waals surface area (Å²) in [5, 5.41) is 1.98. The first-order valence-electron chi connectivity index (χ1n) is 3.78. The van der Waals surface area contributed by atoms with E-state index in [1.54, 1.807) is 11.3 Å². The summed E-state index contributed by atoms with van der Waals surface area (Å²) in [6.07, 6.45) is 0. The zero-order valence-electron chi connectivity index (χ0n) is 6.75. The number of thiol groups is 1. The number of rotatable bonds is 1. The SMILES string of the molecule is Nc1c(S)sc2ccc(CBr)cc12. The summed E-state index contributed by atoms with van der Waals surface area (Å²) >= 11 is 9.34. The molecule has 0 saturated heterocycles. The number of anilines is 1. The maximum Gasteiger partial charge on any atom is 0.0811 e. The highest BCUT2D eigenvalue weighted by Crippen LogP contribution is 2.36. The molecule has 0 saturated carbocycles. The van der Waals surface area contributed by atoms with Gasteiger partial charge >= 0.3 is 0 Å². The number of thiophene rings is 1. The topological polar surface area (TPSA) is 26.0 Å². The van der Waals surface area contributed by atoms with Gasteiger partial charge in [-0.25, -0.2) is 0 Å². The lowest BCUT2D eigenvalue weighted by Crippen LogP contribution is -1.83. The van der Waals surface area contributed by atoms with E-state index >= 15 is 0 Å². The molecule has 0 spiro atoms. The van der Waals surface area contributed by atoms with Crippen molar-refractivity contribution in [3.63, 3.8) is 0 Å². The van der Waals surface area contributed by atoms with Crippen molar-refractivity contribution in [3.05, 3.63) is 23.8 Å². The van der Waals surface area contributed by atoms with Crippen LogP contribution >= 0.6 is 39.9 Å². The van der Waals surface area contributed by atoms with Crippen molar-refractivity contribution >= 4 is 55.7 Å². The van der Waals surface area contributed by atoms with E-state index in [0.717, 1.165) is 20.6 Å². The largest absolute Gasteiger partial charge is 0.397 e. The predicted molar refractivity (Wildman–Crippen MR) is 66.1 cm³/mol. The van der Waals surface area contributed by atoms with Crippen LogP contribution in [0.1, 0.15) is 5.56 Å². The molecule has 0 bridgehead atoms. The second-order valence-electron chi connectivity index (χ2n) is 2.79. The molecule has 1 nitrogen and oxygen atoms in total. The molecule has 0 radical (unpaired) electrons. The van der Waals surface area contributed by atoms with Gasteiger partial charge in [-0.05, 0) is 17.7 Å². The van der Waals surface area contributed by atoms with Crippen LogP contribution in [0.4, 0.5) is 5.69 Å². The van der Waals surface area contributed by atoms with E-state index < -0.39 is 0 Å². The van der Waals surface area contributed by atoms with Gasteiger partial charge < -0.3 is 5.73 Å². The van der Waals surface area contributed by atoms with Crippen molar-refractivity contribution in [1.82, 2.24) is 0 Å². The minimum absolute atomic E-state index is 0.797. The number of alkyl halides is 1. The molecule has 0 atom stereocenters. The average molecular weight is 274 g/mol. The maximum atomic E-state index is 5.88. The van der Waals surface area contributed by atoms with E-state index in [-0.39, 0.29) is 0 Å². The van der Waals surface area contributed by atoms with Crippen molar-refractivity contribution in [2.24, 2.45) is 0 Å². The van der Waals surface area contributed by atoms with Crippen LogP contribution in [-0.4, -0.2) is 0 Å². The van der Waals surface area contributed by atoms with Gasteiger partial charge in [-0.15, -0.1) is 24.0 Å². The second kappa shape index (κ2) is 3.52. The Balaban J connectivity index is 2.75. The number of nitrogen functional groups attached to an aromatic ring is 1. The third-order valence-electron chi connectivity index (χ3n) is 1.93. The van der Waals surface area contributed by atoms with Crippen molar-refractivity contribution in [2.45, 2.75) is 9.54 Å². The molecule has 0 aliphatic carbocycles. The summed E-state index contributed by atoms with van der Waals surface area (Å²) in [5.74, 6) is 0. The van der Waals surface area contributed by atoms with Crippen molar-refractivity contribution in [2.75, 3.05) is 5.73 Å². The van der Waals surface area contributed by atoms with Gasteiger partial charge in [0.25, 0.3) is 0 Å². The average Bonchev–Trinajstić information content (AvgIpc) is 2.43. The highest BCUT2D eigenvalue weighted by atomic mass is 79.9. The summed E-state index contributed by atoms with van der Waals surface area (Å²) in [5.41, 5.74) is 7.92. The second-order valence-corrected chi connectivity index (χ2v) is 5.15. The van der Waals surface area contributed by atoms with E-state index in [9.17, 15) is 0 Å². The number of hydrogen-bond donors (Lipinski definition) is 2. The van der Waals surface area contributed by atoms with Gasteiger partial charge in [0.2, 0.25) is 0 Å². The maximum absolute atomic E-state index is 5.88. The monoisotopic (exact) mass is 273 g/mol. The lowest BCUT2D eigenvalue weighted by atomic mass is 10.2. The van der Waals surface area contributed by atoms with E-state index in [4.69, 9.17) is 5.73 Å². The molecular weight excluding hydrogens is 266 g/mol. The Morgan fingerprint density at radius 3 is 2.92 bits per heavy atom. The van der Waals surface area contributed by atoms with Crippen LogP contribution < -0.4 is 5.73 Å². The molecule has 68 valence electrons. The molecule has 0 amide bonds. The predicted octanol–water partition coefficient (Wildman–Crippen LogP) is 3.67. The highest BCUT2D eigenvalue weighted by molar-refractivity contribution is 9.08. The molecule has 2 aromatic rings. The van der Waals surface area contributed by atoms with Crippen molar-refractivity contribution in [3.8, 4) is 0 Å². The van der Waals surface area contributed by atoms with E-state index in [2.05, 4.69) is 46.8 Å². The Morgan fingerprint density at radius 2 is 2.23 bits per heavy atom. The lowest BCUT2D eigenvalue weighted by Gasteiger charge is -1.96. The lowest BCUT2D eigenvalue weighted by molar-refractivity contribution is 1.47. The van der Waals surface area contributed by atoms with E-state index in [0.29, 0.717) is 0 Å². The minimum Gasteiger partial charge on any atom is -0.397 e. The molecule has 0 aliphatic rings. The van der Waals surface area contributed by atoms with Gasteiger partial charge in [0, 0.05) is 15.4 Å². The van der Waals surface area contributed by atoms with Crippen LogP contribution in [0.15, 0.2) is 22.4 Å². The molecule has 2 N–H and O–H groups in total. The zero-order chi connectivity index (χ0) is 9.42. The van der Waals surface area contributed by atoms with Crippen LogP contribution in [0, 0.1) is 0 Å². The molecule has 13 heavy (non-hydrogen) atoms. The summed E-state index contributed by atoms with van der Waals surface area (Å²) in [7, 11) is 0. The number of nitrogens with two attached hydrogens (primary N) is 1. The van der Waals surface area contributed by atoms with Crippen molar-refractivity contribution < 1.29 is 0 Å². The Hall–Kier alpha value is -0.190. The normalized spacial score (nSPS) is 10.9. The summed E-state index contributed by atoms with van der Waals surface area (Å²) in [6.45, 7) is 0. The van der Waals surface area contributed by atoms with E-state index in [1.807, 2.05) is 0 Å². The molecule has 4 heteroatoms. The number of fused-ring (bicyclic) bond motifs is 1. The first-order valence-corrected chi connectivity index (χ1v) is 6.16. The molecule has 0 aliphatic heterocycles. The van der Waals surface area contributed by atoms with Gasteiger partial charge in [0.15, 0.2) is 0 Å². The van der Waals surface area contributed by atoms with Gasteiger partial charge in [-0.3, -0.25) is 0 Å². The number of halogens is 1. The first-order chi connectivity index (χ1) is 6.22. The number of hydrogen-bond acceptors (Lipinski definition) is 3. The molecule has 0 unspecified atom stereocenters. The quantitative estimate of drug-likeness (QED) is 0.602. The number of benzene rings is 1. The third-order valence-corrected chi connectivity index (χ3v) is 4.08. The summed E-state index contributed by atoms with van der Waals surface area (Å²) in [4.78, 5) is 0. The van der Waals surface area contributed by atoms with Gasteiger partial charge in [-0.1, -0.05) is 22.0 Å².